The van der Waals surface area contributed by atoms with Gasteiger partial charge in [-0.05, 0) is 29.7 Å². The lowest BCUT2D eigenvalue weighted by Crippen LogP contribution is -2.47. The van der Waals surface area contributed by atoms with E-state index in [1.54, 1.807) is 32.1 Å². The van der Waals surface area contributed by atoms with Crippen molar-refractivity contribution in [1.29, 1.82) is 0 Å². The van der Waals surface area contributed by atoms with Crippen LogP contribution in [0.4, 0.5) is 0 Å². The number of ether oxygens (including phenoxy) is 2. The van der Waals surface area contributed by atoms with E-state index in [4.69, 9.17) is 21.7 Å². The number of aromatic hydroxyl groups is 1. The van der Waals surface area contributed by atoms with E-state index < -0.39 is 17.9 Å². The second-order valence-corrected chi connectivity index (χ2v) is 7.53. The van der Waals surface area contributed by atoms with Crippen LogP contribution >= 0.6 is 24.0 Å². The molecule has 0 spiro atoms. The summed E-state index contributed by atoms with van der Waals surface area (Å²) in [6, 6.07) is 2.06. The first-order chi connectivity index (χ1) is 12.2. The number of aliphatic carboxylic acids is 1. The summed E-state index contributed by atoms with van der Waals surface area (Å²) in [4.78, 5) is 25.7. The second kappa shape index (κ2) is 7.96. The lowest BCUT2D eigenvalue weighted by Gasteiger charge is -2.26. The van der Waals surface area contributed by atoms with Crippen molar-refractivity contribution in [2.45, 2.75) is 19.9 Å². The third kappa shape index (κ3) is 3.78. The molecule has 0 radical (unpaired) electrons. The Hall–Kier alpha value is -2.26. The summed E-state index contributed by atoms with van der Waals surface area (Å²) < 4.78 is 10.4. The van der Waals surface area contributed by atoms with Gasteiger partial charge in [0.1, 0.15) is 10.4 Å². The standard InChI is InChI=1S/C17H19NO6S2/c1-8(2)13(16(21)22)18-15(20)12(26-17(18)25)7-9-5-10(23-3)14(19)11(6-9)24-4/h5-8,13,19H,1-4H3,(H,21,22). The SMILES string of the molecule is COc1cc(C=C2SC(=S)N(C(C(=O)O)C(C)C)C2=O)cc(OC)c1O. The van der Waals surface area contributed by atoms with Gasteiger partial charge in [-0.25, -0.2) is 4.79 Å². The Morgan fingerprint density at radius 3 is 2.23 bits per heavy atom. The highest BCUT2D eigenvalue weighted by atomic mass is 32.2. The number of methoxy groups -OCH3 is 2. The summed E-state index contributed by atoms with van der Waals surface area (Å²) in [6.07, 6.45) is 1.56. The van der Waals surface area contributed by atoms with Crippen LogP contribution in [0.3, 0.4) is 0 Å². The number of phenols is 1. The molecule has 1 fully saturated rings. The molecule has 9 heteroatoms. The van der Waals surface area contributed by atoms with Crippen molar-refractivity contribution in [3.05, 3.63) is 22.6 Å². The van der Waals surface area contributed by atoms with E-state index in [0.29, 0.717) is 5.56 Å². The number of thiocarbonyl (C=S) groups is 1. The molecule has 2 rings (SSSR count). The van der Waals surface area contributed by atoms with Gasteiger partial charge in [-0.15, -0.1) is 0 Å². The van der Waals surface area contributed by atoms with Crippen LogP contribution in [0.25, 0.3) is 6.08 Å². The largest absolute Gasteiger partial charge is 0.502 e. The molecule has 1 unspecified atom stereocenters. The van der Waals surface area contributed by atoms with E-state index in [0.717, 1.165) is 16.7 Å². The molecule has 7 nitrogen and oxygen atoms in total. The predicted octanol–water partition coefficient (Wildman–Crippen LogP) is 2.72. The highest BCUT2D eigenvalue weighted by Crippen LogP contribution is 2.40. The highest BCUT2D eigenvalue weighted by molar-refractivity contribution is 8.26. The molecule has 1 aromatic carbocycles. The summed E-state index contributed by atoms with van der Waals surface area (Å²) >= 11 is 6.25. The average molecular weight is 397 g/mol. The van der Waals surface area contributed by atoms with Crippen molar-refractivity contribution >= 4 is 46.3 Å². The van der Waals surface area contributed by atoms with Crippen molar-refractivity contribution in [3.63, 3.8) is 0 Å². The van der Waals surface area contributed by atoms with Crippen molar-refractivity contribution in [2.24, 2.45) is 5.92 Å². The van der Waals surface area contributed by atoms with E-state index in [2.05, 4.69) is 0 Å². The third-order valence-corrected chi connectivity index (χ3v) is 5.12. The molecular weight excluding hydrogens is 378 g/mol. The number of amides is 1. The third-order valence-electron chi connectivity index (χ3n) is 3.79. The molecule has 0 aliphatic carbocycles. The van der Waals surface area contributed by atoms with E-state index in [1.807, 2.05) is 0 Å². The van der Waals surface area contributed by atoms with E-state index in [1.165, 1.54) is 14.2 Å². The van der Waals surface area contributed by atoms with Gasteiger partial charge in [-0.3, -0.25) is 9.69 Å². The number of carboxylic acid groups (broad SMARTS) is 1. The Balaban J connectivity index is 2.43. The maximum absolute atomic E-state index is 12.7. The fourth-order valence-corrected chi connectivity index (χ4v) is 3.89. The number of rotatable bonds is 6. The van der Waals surface area contributed by atoms with Crippen molar-refractivity contribution in [2.75, 3.05) is 14.2 Å². The number of hydrogen-bond acceptors (Lipinski definition) is 7. The Kier molecular flexibility index (Phi) is 6.14. The predicted molar refractivity (Wildman–Crippen MR) is 102 cm³/mol. The van der Waals surface area contributed by atoms with Gasteiger partial charge in [-0.2, -0.15) is 0 Å². The Bertz CT molecular complexity index is 764. The second-order valence-electron chi connectivity index (χ2n) is 5.85. The van der Waals surface area contributed by atoms with Gasteiger partial charge in [0.05, 0.1) is 19.1 Å². The lowest BCUT2D eigenvalue weighted by atomic mass is 10.0. The molecule has 2 N–H and O–H groups in total. The van der Waals surface area contributed by atoms with Gasteiger partial charge in [0.25, 0.3) is 5.91 Å². The van der Waals surface area contributed by atoms with Crippen molar-refractivity contribution in [1.82, 2.24) is 4.90 Å². The van der Waals surface area contributed by atoms with Crippen LogP contribution < -0.4 is 9.47 Å². The van der Waals surface area contributed by atoms with Crippen LogP contribution in [-0.2, 0) is 9.59 Å². The molecule has 1 aliphatic rings. The Labute approximate surface area is 160 Å². The zero-order valence-electron chi connectivity index (χ0n) is 14.7. The lowest BCUT2D eigenvalue weighted by molar-refractivity contribution is -0.146. The van der Waals surface area contributed by atoms with Crippen LogP contribution in [0.1, 0.15) is 19.4 Å². The molecule has 0 saturated carbocycles. The number of carboxylic acids is 1. The van der Waals surface area contributed by atoms with E-state index >= 15 is 0 Å². The first-order valence-electron chi connectivity index (χ1n) is 7.66. The van der Waals surface area contributed by atoms with Crippen LogP contribution in [0, 0.1) is 5.92 Å². The molecule has 0 aromatic heterocycles. The van der Waals surface area contributed by atoms with Gasteiger partial charge in [-0.1, -0.05) is 37.8 Å². The number of benzene rings is 1. The Morgan fingerprint density at radius 1 is 1.27 bits per heavy atom. The molecular formula is C17H19NO6S2. The molecule has 1 aromatic rings. The van der Waals surface area contributed by atoms with E-state index in [9.17, 15) is 19.8 Å². The number of carbonyl (C=O) groups is 2. The van der Waals surface area contributed by atoms with Gasteiger partial charge in [0.2, 0.25) is 5.75 Å². The minimum atomic E-state index is -1.11. The fraction of sp³-hybridized carbons (Fsp3) is 0.353. The summed E-state index contributed by atoms with van der Waals surface area (Å²) in [5, 5.41) is 19.4. The number of carbonyl (C=O) groups excluding carboxylic acids is 1. The number of thioether (sulfide) groups is 1. The minimum absolute atomic E-state index is 0.148. The maximum Gasteiger partial charge on any atom is 0.327 e. The van der Waals surface area contributed by atoms with Crippen LogP contribution in [0.2, 0.25) is 0 Å². The first kappa shape index (κ1) is 20.1. The molecule has 1 aliphatic heterocycles. The molecule has 26 heavy (non-hydrogen) atoms. The average Bonchev–Trinajstić information content (AvgIpc) is 2.83. The van der Waals surface area contributed by atoms with Gasteiger partial charge >= 0.3 is 5.97 Å². The summed E-state index contributed by atoms with van der Waals surface area (Å²) in [5.41, 5.74) is 0.549. The minimum Gasteiger partial charge on any atom is -0.502 e. The molecule has 140 valence electrons. The van der Waals surface area contributed by atoms with Gasteiger partial charge in [0, 0.05) is 0 Å². The summed E-state index contributed by atoms with van der Waals surface area (Å²) in [6.45, 7) is 3.44. The molecule has 1 atom stereocenters. The Morgan fingerprint density at radius 2 is 1.81 bits per heavy atom. The molecule has 1 heterocycles. The zero-order valence-corrected chi connectivity index (χ0v) is 16.3. The highest BCUT2D eigenvalue weighted by Gasteiger charge is 2.41. The first-order valence-corrected chi connectivity index (χ1v) is 8.88. The summed E-state index contributed by atoms with van der Waals surface area (Å²) in [5.74, 6) is -1.64. The van der Waals surface area contributed by atoms with Crippen LogP contribution in [-0.4, -0.2) is 51.6 Å². The molecule has 1 amide bonds. The molecule has 0 bridgehead atoms. The van der Waals surface area contributed by atoms with E-state index in [-0.39, 0.29) is 32.4 Å². The topological polar surface area (TPSA) is 96.3 Å². The monoisotopic (exact) mass is 397 g/mol. The molecule has 1 saturated heterocycles. The smallest absolute Gasteiger partial charge is 0.327 e. The quantitative estimate of drug-likeness (QED) is 0.559. The number of phenolic OH excluding ortho intramolecular Hbond substituents is 1. The maximum atomic E-state index is 12.7. The van der Waals surface area contributed by atoms with Gasteiger partial charge in [0.15, 0.2) is 11.5 Å². The summed E-state index contributed by atoms with van der Waals surface area (Å²) in [7, 11) is 2.80. The number of hydrogen-bond donors (Lipinski definition) is 2. The van der Waals surface area contributed by atoms with Crippen molar-refractivity contribution < 1.29 is 29.3 Å². The van der Waals surface area contributed by atoms with Crippen LogP contribution in [0.15, 0.2) is 17.0 Å². The zero-order chi connectivity index (χ0) is 19.6. The van der Waals surface area contributed by atoms with Crippen molar-refractivity contribution in [3.8, 4) is 17.2 Å². The van der Waals surface area contributed by atoms with Gasteiger partial charge < -0.3 is 19.7 Å². The number of nitrogens with zero attached hydrogens (tertiary/aromatic N) is 1. The fourth-order valence-electron chi connectivity index (χ4n) is 2.56. The van der Waals surface area contributed by atoms with Crippen LogP contribution in [0.5, 0.6) is 17.2 Å². The normalized spacial score (nSPS) is 17.1.